The third-order valence-electron chi connectivity index (χ3n) is 4.71. The Balaban J connectivity index is 1.61. The second-order valence-corrected chi connectivity index (χ2v) is 6.76. The van der Waals surface area contributed by atoms with Crippen molar-refractivity contribution in [3.05, 3.63) is 47.0 Å². The number of nitrogens with zero attached hydrogens (tertiary/aromatic N) is 1. The molecule has 3 rings (SSSR count). The lowest BCUT2D eigenvalue weighted by Gasteiger charge is -2.22. The lowest BCUT2D eigenvalue weighted by atomic mass is 9.85. The van der Waals surface area contributed by atoms with E-state index in [1.54, 1.807) is 12.1 Å². The van der Waals surface area contributed by atoms with Crippen LogP contribution in [-0.4, -0.2) is 34.6 Å². The maximum absolute atomic E-state index is 12.5. The Morgan fingerprint density at radius 1 is 1.04 bits per heavy atom. The first kappa shape index (κ1) is 18.1. The topological polar surface area (TPSA) is 95.6 Å². The normalized spacial score (nSPS) is 22.8. The van der Waals surface area contributed by atoms with Gasteiger partial charge in [0.25, 0.3) is 11.8 Å². The van der Waals surface area contributed by atoms with E-state index in [-0.39, 0.29) is 11.8 Å². The number of imide groups is 1. The van der Waals surface area contributed by atoms with E-state index in [9.17, 15) is 19.2 Å². The molecule has 1 aliphatic carbocycles. The van der Waals surface area contributed by atoms with Crippen LogP contribution in [0.2, 0.25) is 5.02 Å². The van der Waals surface area contributed by atoms with E-state index in [4.69, 9.17) is 11.6 Å². The van der Waals surface area contributed by atoms with E-state index in [0.717, 1.165) is 4.90 Å². The van der Waals surface area contributed by atoms with Crippen molar-refractivity contribution in [3.8, 4) is 0 Å². The van der Waals surface area contributed by atoms with Crippen LogP contribution >= 0.6 is 11.6 Å². The van der Waals surface area contributed by atoms with Crippen molar-refractivity contribution in [2.24, 2.45) is 11.8 Å². The third kappa shape index (κ3) is 3.35. The monoisotopic (exact) mass is 375 g/mol. The Hall–Kier alpha value is -2.67. The van der Waals surface area contributed by atoms with Crippen LogP contribution in [0.4, 0.5) is 0 Å². The van der Waals surface area contributed by atoms with E-state index in [1.807, 2.05) is 12.2 Å². The Labute approximate surface area is 155 Å². The molecule has 0 spiro atoms. The lowest BCUT2D eigenvalue weighted by molar-refractivity contribution is -0.147. The van der Waals surface area contributed by atoms with Crippen molar-refractivity contribution in [1.82, 2.24) is 15.8 Å². The molecule has 4 amide bonds. The summed E-state index contributed by atoms with van der Waals surface area (Å²) < 4.78 is 0. The van der Waals surface area contributed by atoms with Gasteiger partial charge in [0.2, 0.25) is 11.8 Å². The quantitative estimate of drug-likeness (QED) is 0.474. The zero-order chi connectivity index (χ0) is 18.8. The average molecular weight is 376 g/mol. The predicted molar refractivity (Wildman–Crippen MR) is 93.7 cm³/mol. The average Bonchev–Trinajstić information content (AvgIpc) is 2.90. The number of hydrazine groups is 1. The summed E-state index contributed by atoms with van der Waals surface area (Å²) in [6, 6.07) is 5.12. The van der Waals surface area contributed by atoms with Crippen LogP contribution in [0.25, 0.3) is 0 Å². The maximum atomic E-state index is 12.5. The highest BCUT2D eigenvalue weighted by atomic mass is 35.5. The van der Waals surface area contributed by atoms with Crippen LogP contribution in [-0.2, 0) is 14.4 Å². The zero-order valence-corrected chi connectivity index (χ0v) is 14.8. The van der Waals surface area contributed by atoms with Crippen LogP contribution in [0.15, 0.2) is 36.4 Å². The number of benzene rings is 1. The maximum Gasteiger partial charge on any atom is 0.269 e. The summed E-state index contributed by atoms with van der Waals surface area (Å²) in [5.74, 6) is -2.63. The molecule has 3 atom stereocenters. The molecule has 1 aromatic rings. The van der Waals surface area contributed by atoms with E-state index in [2.05, 4.69) is 10.9 Å². The number of amides is 4. The zero-order valence-electron chi connectivity index (χ0n) is 14.1. The largest absolute Gasteiger partial charge is 0.274 e. The molecule has 8 heteroatoms. The number of nitrogens with one attached hydrogen (secondary N) is 2. The molecule has 1 heterocycles. The Kier molecular flexibility index (Phi) is 5.08. The first-order valence-electron chi connectivity index (χ1n) is 8.28. The molecule has 0 unspecified atom stereocenters. The number of carbonyl (C=O) groups excluding carboxylic acids is 4. The number of allylic oxidation sites excluding steroid dienone is 2. The second-order valence-electron chi connectivity index (χ2n) is 6.33. The third-order valence-corrected chi connectivity index (χ3v) is 4.97. The van der Waals surface area contributed by atoms with Gasteiger partial charge in [-0.15, -0.1) is 0 Å². The van der Waals surface area contributed by atoms with Crippen molar-refractivity contribution in [1.29, 1.82) is 0 Å². The molecule has 0 aromatic heterocycles. The van der Waals surface area contributed by atoms with Gasteiger partial charge in [-0.1, -0.05) is 23.8 Å². The minimum Gasteiger partial charge on any atom is -0.274 e. The summed E-state index contributed by atoms with van der Waals surface area (Å²) in [5.41, 5.74) is 4.85. The van der Waals surface area contributed by atoms with E-state index >= 15 is 0 Å². The van der Waals surface area contributed by atoms with E-state index in [0.29, 0.717) is 23.4 Å². The fourth-order valence-corrected chi connectivity index (χ4v) is 3.35. The SMILES string of the molecule is C[C@@H](C(=O)NNC(=O)c1ccc(Cl)cc1)N1C(=O)[C@@H]2CC=CC[C@H]2C1=O. The van der Waals surface area contributed by atoms with Gasteiger partial charge in [-0.3, -0.25) is 34.9 Å². The Morgan fingerprint density at radius 2 is 1.58 bits per heavy atom. The molecule has 0 saturated carbocycles. The minimum absolute atomic E-state index is 0.313. The highest BCUT2D eigenvalue weighted by Gasteiger charge is 2.50. The van der Waals surface area contributed by atoms with Gasteiger partial charge in [0.15, 0.2) is 0 Å². The number of halogens is 1. The first-order chi connectivity index (χ1) is 12.4. The highest BCUT2D eigenvalue weighted by Crippen LogP contribution is 2.35. The fourth-order valence-electron chi connectivity index (χ4n) is 3.22. The van der Waals surface area contributed by atoms with Gasteiger partial charge in [-0.2, -0.15) is 0 Å². The Morgan fingerprint density at radius 3 is 2.12 bits per heavy atom. The van der Waals surface area contributed by atoms with Crippen LogP contribution < -0.4 is 10.9 Å². The standard InChI is InChI=1S/C18H18ClN3O4/c1-10(22-17(25)13-4-2-3-5-14(13)18(22)26)15(23)20-21-16(24)11-6-8-12(19)9-7-11/h2-3,6-10,13-14H,4-5H2,1H3,(H,20,23)(H,21,24)/t10-,13+,14+/m0/s1. The summed E-state index contributed by atoms with van der Waals surface area (Å²) in [7, 11) is 0. The van der Waals surface area contributed by atoms with Crippen molar-refractivity contribution >= 4 is 35.2 Å². The summed E-state index contributed by atoms with van der Waals surface area (Å²) >= 11 is 5.76. The predicted octanol–water partition coefficient (Wildman–Crippen LogP) is 1.44. The van der Waals surface area contributed by atoms with E-state index in [1.165, 1.54) is 19.1 Å². The molecule has 7 nitrogen and oxygen atoms in total. The summed E-state index contributed by atoms with van der Waals surface area (Å²) in [4.78, 5) is 50.3. The molecule has 136 valence electrons. The van der Waals surface area contributed by atoms with Gasteiger partial charge < -0.3 is 0 Å². The van der Waals surface area contributed by atoms with Crippen molar-refractivity contribution < 1.29 is 19.2 Å². The summed E-state index contributed by atoms with van der Waals surface area (Å²) in [5, 5.41) is 0.487. The summed E-state index contributed by atoms with van der Waals surface area (Å²) in [6.07, 6.45) is 4.78. The molecule has 0 radical (unpaired) electrons. The van der Waals surface area contributed by atoms with Gasteiger partial charge in [0.05, 0.1) is 11.8 Å². The van der Waals surface area contributed by atoms with Gasteiger partial charge in [0.1, 0.15) is 6.04 Å². The van der Waals surface area contributed by atoms with Crippen LogP contribution in [0, 0.1) is 11.8 Å². The molecule has 1 saturated heterocycles. The molecule has 1 aromatic carbocycles. The van der Waals surface area contributed by atoms with Gasteiger partial charge in [-0.05, 0) is 44.0 Å². The van der Waals surface area contributed by atoms with Crippen molar-refractivity contribution in [2.75, 3.05) is 0 Å². The molecule has 1 aliphatic heterocycles. The second kappa shape index (κ2) is 7.29. The highest BCUT2D eigenvalue weighted by molar-refractivity contribution is 6.30. The van der Waals surface area contributed by atoms with Crippen LogP contribution in [0.3, 0.4) is 0 Å². The van der Waals surface area contributed by atoms with Gasteiger partial charge >= 0.3 is 0 Å². The number of hydrogen-bond donors (Lipinski definition) is 2. The van der Waals surface area contributed by atoms with Crippen LogP contribution in [0.5, 0.6) is 0 Å². The number of hydrogen-bond acceptors (Lipinski definition) is 4. The molecular formula is C18H18ClN3O4. The lowest BCUT2D eigenvalue weighted by Crippen LogP contribution is -2.53. The van der Waals surface area contributed by atoms with Gasteiger partial charge in [0, 0.05) is 10.6 Å². The van der Waals surface area contributed by atoms with Gasteiger partial charge in [-0.25, -0.2) is 0 Å². The molecule has 2 N–H and O–H groups in total. The minimum atomic E-state index is -1.01. The number of carbonyl (C=O) groups is 4. The molecular weight excluding hydrogens is 358 g/mol. The fraction of sp³-hybridized carbons (Fsp3) is 0.333. The molecule has 2 aliphatic rings. The number of rotatable bonds is 3. The Bertz CT molecular complexity index is 764. The molecule has 1 fully saturated rings. The van der Waals surface area contributed by atoms with E-state index < -0.39 is 29.7 Å². The summed E-state index contributed by atoms with van der Waals surface area (Å²) in [6.45, 7) is 1.46. The molecule has 26 heavy (non-hydrogen) atoms. The first-order valence-corrected chi connectivity index (χ1v) is 8.65. The smallest absolute Gasteiger partial charge is 0.269 e. The number of fused-ring (bicyclic) bond motifs is 1. The van der Waals surface area contributed by atoms with Crippen molar-refractivity contribution in [2.45, 2.75) is 25.8 Å². The van der Waals surface area contributed by atoms with Crippen molar-refractivity contribution in [3.63, 3.8) is 0 Å². The molecule has 0 bridgehead atoms. The van der Waals surface area contributed by atoms with Crippen LogP contribution in [0.1, 0.15) is 30.1 Å². The number of likely N-dealkylation sites (tertiary alicyclic amines) is 1.